The third-order valence-electron chi connectivity index (χ3n) is 3.10. The number of ether oxygens (including phenoxy) is 1. The lowest BCUT2D eigenvalue weighted by molar-refractivity contribution is 0.255. The molecule has 1 unspecified atom stereocenters. The normalized spacial score (nSPS) is 17.2. The lowest BCUT2D eigenvalue weighted by Gasteiger charge is -2.14. The molecule has 2 rings (SSSR count). The molecule has 1 aliphatic rings. The van der Waals surface area contributed by atoms with E-state index in [-0.39, 0.29) is 0 Å². The first-order valence-electron chi connectivity index (χ1n) is 6.61. The summed E-state index contributed by atoms with van der Waals surface area (Å²) in [4.78, 5) is 0.300. The van der Waals surface area contributed by atoms with Gasteiger partial charge in [-0.05, 0) is 31.0 Å². The molecule has 0 spiro atoms. The summed E-state index contributed by atoms with van der Waals surface area (Å²) >= 11 is 0. The molecule has 1 aromatic rings. The van der Waals surface area contributed by atoms with Crippen molar-refractivity contribution >= 4 is 9.84 Å². The highest BCUT2D eigenvalue weighted by atomic mass is 32.2. The molecule has 0 radical (unpaired) electrons. The molecular formula is C14H21NO3S. The number of nitrogens with one attached hydrogen (secondary N) is 1. The van der Waals surface area contributed by atoms with E-state index in [9.17, 15) is 8.42 Å². The summed E-state index contributed by atoms with van der Waals surface area (Å²) < 4.78 is 28.5. The topological polar surface area (TPSA) is 55.4 Å². The van der Waals surface area contributed by atoms with Gasteiger partial charge in [-0.25, -0.2) is 8.42 Å². The Kier molecular flexibility index (Phi) is 4.47. The lowest BCUT2D eigenvalue weighted by atomic mass is 10.2. The van der Waals surface area contributed by atoms with E-state index in [4.69, 9.17) is 4.74 Å². The fourth-order valence-corrected chi connectivity index (χ4v) is 2.40. The molecule has 0 aliphatic heterocycles. The van der Waals surface area contributed by atoms with Crippen molar-refractivity contribution < 1.29 is 13.2 Å². The Morgan fingerprint density at radius 2 is 2.16 bits per heavy atom. The minimum absolute atomic E-state index is 0.300. The van der Waals surface area contributed by atoms with E-state index >= 15 is 0 Å². The fourth-order valence-electron chi connectivity index (χ4n) is 1.75. The molecule has 1 aliphatic carbocycles. The summed E-state index contributed by atoms with van der Waals surface area (Å²) in [7, 11) is -3.17. The Hall–Kier alpha value is -1.07. The van der Waals surface area contributed by atoms with Crippen LogP contribution in [0, 0.1) is 5.92 Å². The van der Waals surface area contributed by atoms with Gasteiger partial charge in [0.25, 0.3) is 0 Å². The number of benzene rings is 1. The summed E-state index contributed by atoms with van der Waals surface area (Å²) in [6, 6.07) is 7.36. The van der Waals surface area contributed by atoms with Crippen LogP contribution in [0.1, 0.15) is 19.8 Å². The zero-order chi connectivity index (χ0) is 13.9. The zero-order valence-corrected chi connectivity index (χ0v) is 12.2. The summed E-state index contributed by atoms with van der Waals surface area (Å²) in [6.45, 7) is 3.65. The standard InChI is InChI=1S/C14H21NO3S/c1-11(9-15-12-6-7-12)10-18-13-4-3-5-14(8-13)19(2,16)17/h3-5,8,11-12,15H,6-7,9-10H2,1-2H3. The summed E-state index contributed by atoms with van der Waals surface area (Å²) in [5, 5.41) is 3.45. The predicted molar refractivity (Wildman–Crippen MR) is 75.2 cm³/mol. The van der Waals surface area contributed by atoms with Crippen molar-refractivity contribution in [1.29, 1.82) is 0 Å². The number of rotatable bonds is 7. The highest BCUT2D eigenvalue weighted by Crippen LogP contribution is 2.20. The molecule has 0 aromatic heterocycles. The minimum Gasteiger partial charge on any atom is -0.493 e. The molecule has 0 amide bonds. The molecular weight excluding hydrogens is 262 g/mol. The van der Waals surface area contributed by atoms with Crippen LogP contribution < -0.4 is 10.1 Å². The van der Waals surface area contributed by atoms with Crippen LogP contribution in [0.15, 0.2) is 29.2 Å². The molecule has 1 N–H and O–H groups in total. The first-order chi connectivity index (χ1) is 8.95. The highest BCUT2D eigenvalue weighted by Gasteiger charge is 2.20. The van der Waals surface area contributed by atoms with Gasteiger partial charge in [0.1, 0.15) is 5.75 Å². The van der Waals surface area contributed by atoms with Gasteiger partial charge in [0, 0.05) is 24.8 Å². The lowest BCUT2D eigenvalue weighted by Crippen LogP contribution is -2.26. The third kappa shape index (κ3) is 4.84. The van der Waals surface area contributed by atoms with Gasteiger partial charge in [-0.3, -0.25) is 0 Å². The van der Waals surface area contributed by atoms with Crippen LogP contribution in [0.25, 0.3) is 0 Å². The minimum atomic E-state index is -3.17. The Morgan fingerprint density at radius 3 is 2.79 bits per heavy atom. The Morgan fingerprint density at radius 1 is 1.42 bits per heavy atom. The predicted octanol–water partition coefficient (Wildman–Crippen LogP) is 1.86. The van der Waals surface area contributed by atoms with Crippen LogP contribution in [0.5, 0.6) is 5.75 Å². The fraction of sp³-hybridized carbons (Fsp3) is 0.571. The monoisotopic (exact) mass is 283 g/mol. The average molecular weight is 283 g/mol. The van der Waals surface area contributed by atoms with Crippen LogP contribution in [0.3, 0.4) is 0 Å². The second-order valence-electron chi connectivity index (χ2n) is 5.35. The second-order valence-corrected chi connectivity index (χ2v) is 7.36. The molecule has 1 saturated carbocycles. The summed E-state index contributed by atoms with van der Waals surface area (Å²) in [6.07, 6.45) is 3.77. The van der Waals surface area contributed by atoms with E-state index in [1.807, 2.05) is 0 Å². The molecule has 4 nitrogen and oxygen atoms in total. The molecule has 0 heterocycles. The SMILES string of the molecule is CC(CNC1CC1)COc1cccc(S(C)(=O)=O)c1. The van der Waals surface area contributed by atoms with Gasteiger partial charge in [0.2, 0.25) is 0 Å². The van der Waals surface area contributed by atoms with Gasteiger partial charge in [-0.2, -0.15) is 0 Å². The average Bonchev–Trinajstić information content (AvgIpc) is 3.17. The van der Waals surface area contributed by atoms with Crippen molar-refractivity contribution in [2.45, 2.75) is 30.7 Å². The first-order valence-corrected chi connectivity index (χ1v) is 8.50. The highest BCUT2D eigenvalue weighted by molar-refractivity contribution is 7.90. The van der Waals surface area contributed by atoms with Crippen LogP contribution in [-0.4, -0.2) is 33.9 Å². The van der Waals surface area contributed by atoms with Gasteiger partial charge in [-0.15, -0.1) is 0 Å². The molecule has 1 fully saturated rings. The van der Waals surface area contributed by atoms with Crippen molar-refractivity contribution in [3.63, 3.8) is 0 Å². The maximum atomic E-state index is 11.4. The molecule has 19 heavy (non-hydrogen) atoms. The molecule has 1 atom stereocenters. The van der Waals surface area contributed by atoms with Gasteiger partial charge >= 0.3 is 0 Å². The van der Waals surface area contributed by atoms with Crippen molar-refractivity contribution in [3.05, 3.63) is 24.3 Å². The largest absolute Gasteiger partial charge is 0.493 e. The van der Waals surface area contributed by atoms with Crippen molar-refractivity contribution in [1.82, 2.24) is 5.32 Å². The second kappa shape index (κ2) is 5.92. The summed E-state index contributed by atoms with van der Waals surface area (Å²) in [5.41, 5.74) is 0. The Balaban J connectivity index is 1.84. The van der Waals surface area contributed by atoms with Crippen LogP contribution in [0.2, 0.25) is 0 Å². The van der Waals surface area contributed by atoms with E-state index in [0.717, 1.165) is 6.54 Å². The number of hydrogen-bond donors (Lipinski definition) is 1. The van der Waals surface area contributed by atoms with Crippen LogP contribution >= 0.6 is 0 Å². The van der Waals surface area contributed by atoms with E-state index in [1.165, 1.54) is 19.1 Å². The van der Waals surface area contributed by atoms with Gasteiger partial charge in [-0.1, -0.05) is 13.0 Å². The first kappa shape index (κ1) is 14.3. The van der Waals surface area contributed by atoms with Crippen molar-refractivity contribution in [2.75, 3.05) is 19.4 Å². The van der Waals surface area contributed by atoms with E-state index < -0.39 is 9.84 Å². The van der Waals surface area contributed by atoms with Crippen LogP contribution in [-0.2, 0) is 9.84 Å². The third-order valence-corrected chi connectivity index (χ3v) is 4.21. The number of hydrogen-bond acceptors (Lipinski definition) is 4. The quantitative estimate of drug-likeness (QED) is 0.830. The number of sulfone groups is 1. The molecule has 5 heteroatoms. The maximum absolute atomic E-state index is 11.4. The molecule has 0 saturated heterocycles. The van der Waals surface area contributed by atoms with Gasteiger partial charge in [0.15, 0.2) is 9.84 Å². The smallest absolute Gasteiger partial charge is 0.175 e. The zero-order valence-electron chi connectivity index (χ0n) is 11.4. The molecule has 106 valence electrons. The summed E-state index contributed by atoms with van der Waals surface area (Å²) in [5.74, 6) is 1.02. The van der Waals surface area contributed by atoms with E-state index in [2.05, 4.69) is 12.2 Å². The van der Waals surface area contributed by atoms with Crippen molar-refractivity contribution in [3.8, 4) is 5.75 Å². The maximum Gasteiger partial charge on any atom is 0.175 e. The van der Waals surface area contributed by atoms with Gasteiger partial charge < -0.3 is 10.1 Å². The van der Waals surface area contributed by atoms with E-state index in [0.29, 0.717) is 29.2 Å². The Bertz CT molecular complexity index is 523. The Labute approximate surface area is 115 Å². The van der Waals surface area contributed by atoms with Gasteiger partial charge in [0.05, 0.1) is 11.5 Å². The molecule has 1 aromatic carbocycles. The van der Waals surface area contributed by atoms with Crippen molar-refractivity contribution in [2.24, 2.45) is 5.92 Å². The van der Waals surface area contributed by atoms with Crippen LogP contribution in [0.4, 0.5) is 0 Å². The molecule has 0 bridgehead atoms. The van der Waals surface area contributed by atoms with E-state index in [1.54, 1.807) is 24.3 Å².